The van der Waals surface area contributed by atoms with Gasteiger partial charge in [0.25, 0.3) is 5.91 Å². The van der Waals surface area contributed by atoms with Gasteiger partial charge < -0.3 is 19.5 Å². The Morgan fingerprint density at radius 1 is 1.03 bits per heavy atom. The number of carbonyl (C=O) groups excluding carboxylic acids is 2. The number of halogens is 1. The first-order valence-corrected chi connectivity index (χ1v) is 10.6. The minimum absolute atomic E-state index is 0.169. The van der Waals surface area contributed by atoms with Crippen LogP contribution in [0, 0.1) is 0 Å². The number of Topliss-reactive ketones (excluding diaryl/α,β-unsaturated/α-hetero) is 1. The maximum Gasteiger partial charge on any atom is 0.264 e. The number of fused-ring (bicyclic) bond motifs is 2. The van der Waals surface area contributed by atoms with Gasteiger partial charge in [-0.05, 0) is 35.9 Å². The molecule has 0 aromatic heterocycles. The van der Waals surface area contributed by atoms with Gasteiger partial charge >= 0.3 is 0 Å². The van der Waals surface area contributed by atoms with Gasteiger partial charge in [0.05, 0.1) is 18.7 Å². The molecule has 2 aliphatic rings. The molecule has 0 spiro atoms. The molecule has 0 fully saturated rings. The highest BCUT2D eigenvalue weighted by atomic mass is 79.9. The fourth-order valence-corrected chi connectivity index (χ4v) is 4.29. The lowest BCUT2D eigenvalue weighted by Crippen LogP contribution is -2.41. The van der Waals surface area contributed by atoms with Crippen LogP contribution in [-0.4, -0.2) is 23.6 Å². The number of hydrogen-bond donors (Lipinski definition) is 1. The molecule has 2 aliphatic heterocycles. The zero-order valence-electron chi connectivity index (χ0n) is 16.4. The van der Waals surface area contributed by atoms with E-state index >= 15 is 0 Å². The first-order valence-electron chi connectivity index (χ1n) is 9.77. The normalized spacial score (nSPS) is 18.9. The summed E-state index contributed by atoms with van der Waals surface area (Å²) in [4.78, 5) is 27.8. The molecule has 2 heterocycles. The van der Waals surface area contributed by atoms with E-state index in [1.54, 1.807) is 54.6 Å². The van der Waals surface area contributed by atoms with Crippen LogP contribution in [0.2, 0.25) is 0 Å². The molecular formula is C24H18BrNO5. The maximum atomic E-state index is 13.4. The molecule has 156 valence electrons. The van der Waals surface area contributed by atoms with Crippen molar-refractivity contribution >= 4 is 33.3 Å². The number of ether oxygens (including phenoxy) is 2. The van der Waals surface area contributed by atoms with E-state index in [2.05, 4.69) is 15.9 Å². The molecule has 5 rings (SSSR count). The average molecular weight is 480 g/mol. The highest BCUT2D eigenvalue weighted by Crippen LogP contribution is 2.44. The molecular weight excluding hydrogens is 462 g/mol. The second-order valence-corrected chi connectivity index (χ2v) is 8.48. The van der Waals surface area contributed by atoms with E-state index < -0.39 is 11.5 Å². The lowest BCUT2D eigenvalue weighted by molar-refractivity contribution is -0.136. The Morgan fingerprint density at radius 2 is 1.77 bits per heavy atom. The van der Waals surface area contributed by atoms with E-state index in [1.807, 2.05) is 12.1 Å². The molecule has 3 aromatic carbocycles. The third kappa shape index (κ3) is 3.40. The molecule has 0 saturated heterocycles. The van der Waals surface area contributed by atoms with Gasteiger partial charge in [0.1, 0.15) is 0 Å². The van der Waals surface area contributed by atoms with E-state index in [0.717, 1.165) is 10.0 Å². The molecule has 7 heteroatoms. The Bertz CT molecular complexity index is 1190. The number of hydrogen-bond acceptors (Lipinski definition) is 5. The quantitative estimate of drug-likeness (QED) is 0.555. The SMILES string of the molecule is O=C(C[C@]1(O)C(=O)N(Cc2ccc3c(c2)OCO3)c2ccccc21)c1ccc(Br)cc1. The molecule has 1 atom stereocenters. The van der Waals surface area contributed by atoms with Crippen LogP contribution in [0.5, 0.6) is 11.5 Å². The molecule has 0 bridgehead atoms. The van der Waals surface area contributed by atoms with Crippen molar-refractivity contribution in [3.05, 3.63) is 87.9 Å². The predicted octanol–water partition coefficient (Wildman–Crippen LogP) is 4.19. The van der Waals surface area contributed by atoms with Crippen LogP contribution in [0.25, 0.3) is 0 Å². The number of amides is 1. The van der Waals surface area contributed by atoms with E-state index in [0.29, 0.717) is 28.3 Å². The summed E-state index contributed by atoms with van der Waals surface area (Å²) in [5.41, 5.74) is 0.381. The first kappa shape index (κ1) is 19.8. The maximum absolute atomic E-state index is 13.4. The highest BCUT2D eigenvalue weighted by molar-refractivity contribution is 9.10. The standard InChI is InChI=1S/C24H18BrNO5/c25-17-8-6-16(7-9-17)20(27)12-24(29)18-3-1-2-4-19(18)26(23(24)28)13-15-5-10-21-22(11-15)31-14-30-21/h1-11,29H,12-14H2/t24-/m1/s1. The number of carbonyl (C=O) groups is 2. The summed E-state index contributed by atoms with van der Waals surface area (Å²) in [5.74, 6) is 0.464. The van der Waals surface area contributed by atoms with Crippen molar-refractivity contribution in [2.75, 3.05) is 11.7 Å². The lowest BCUT2D eigenvalue weighted by Gasteiger charge is -2.23. The molecule has 6 nitrogen and oxygen atoms in total. The number of aliphatic hydroxyl groups is 1. The number of nitrogens with zero attached hydrogens (tertiary/aromatic N) is 1. The number of para-hydroxylation sites is 1. The van der Waals surface area contributed by atoms with Crippen LogP contribution in [0.15, 0.2) is 71.2 Å². The Labute approximate surface area is 187 Å². The zero-order chi connectivity index (χ0) is 21.6. The summed E-state index contributed by atoms with van der Waals surface area (Å²) in [5, 5.41) is 11.4. The van der Waals surface area contributed by atoms with Crippen molar-refractivity contribution in [2.45, 2.75) is 18.6 Å². The van der Waals surface area contributed by atoms with Gasteiger partial charge in [0.15, 0.2) is 22.9 Å². The van der Waals surface area contributed by atoms with Gasteiger partial charge in [-0.1, -0.05) is 52.3 Å². The van der Waals surface area contributed by atoms with Gasteiger partial charge in [0.2, 0.25) is 6.79 Å². The second-order valence-electron chi connectivity index (χ2n) is 7.56. The van der Waals surface area contributed by atoms with Crippen molar-refractivity contribution in [3.8, 4) is 11.5 Å². The third-order valence-corrected chi connectivity index (χ3v) is 6.13. The summed E-state index contributed by atoms with van der Waals surface area (Å²) < 4.78 is 11.6. The third-order valence-electron chi connectivity index (χ3n) is 5.60. The lowest BCUT2D eigenvalue weighted by atomic mass is 9.88. The second kappa shape index (κ2) is 7.51. The summed E-state index contributed by atoms with van der Waals surface area (Å²) >= 11 is 3.34. The predicted molar refractivity (Wildman–Crippen MR) is 117 cm³/mol. The van der Waals surface area contributed by atoms with Crippen LogP contribution >= 0.6 is 15.9 Å². The Kier molecular flexibility index (Phi) is 4.79. The summed E-state index contributed by atoms with van der Waals surface area (Å²) in [6.07, 6.45) is -0.331. The first-order chi connectivity index (χ1) is 15.0. The van der Waals surface area contributed by atoms with Gasteiger partial charge in [-0.3, -0.25) is 9.59 Å². The van der Waals surface area contributed by atoms with Crippen molar-refractivity contribution in [1.82, 2.24) is 0 Å². The van der Waals surface area contributed by atoms with Crippen LogP contribution in [-0.2, 0) is 16.9 Å². The molecule has 0 radical (unpaired) electrons. The summed E-state index contributed by atoms with van der Waals surface area (Å²) in [6.45, 7) is 0.406. The van der Waals surface area contributed by atoms with Crippen LogP contribution in [0.3, 0.4) is 0 Å². The van der Waals surface area contributed by atoms with Crippen molar-refractivity contribution in [2.24, 2.45) is 0 Å². The minimum atomic E-state index is -1.92. The zero-order valence-corrected chi connectivity index (χ0v) is 18.0. The fraction of sp³-hybridized carbons (Fsp3) is 0.167. The smallest absolute Gasteiger partial charge is 0.264 e. The number of benzene rings is 3. The summed E-state index contributed by atoms with van der Waals surface area (Å²) in [7, 11) is 0. The minimum Gasteiger partial charge on any atom is -0.454 e. The van der Waals surface area contributed by atoms with Crippen LogP contribution in [0.4, 0.5) is 5.69 Å². The van der Waals surface area contributed by atoms with Crippen LogP contribution < -0.4 is 14.4 Å². The molecule has 1 N–H and O–H groups in total. The van der Waals surface area contributed by atoms with Crippen molar-refractivity contribution < 1.29 is 24.2 Å². The Balaban J connectivity index is 1.46. The van der Waals surface area contributed by atoms with Gasteiger partial charge in [0, 0.05) is 15.6 Å². The number of ketones is 1. The van der Waals surface area contributed by atoms with Gasteiger partial charge in [-0.2, -0.15) is 0 Å². The molecule has 0 unspecified atom stereocenters. The Morgan fingerprint density at radius 3 is 2.58 bits per heavy atom. The molecule has 3 aromatic rings. The molecule has 0 aliphatic carbocycles. The van der Waals surface area contributed by atoms with Crippen molar-refractivity contribution in [3.63, 3.8) is 0 Å². The Hall–Kier alpha value is -3.16. The molecule has 31 heavy (non-hydrogen) atoms. The van der Waals surface area contributed by atoms with Gasteiger partial charge in [-0.15, -0.1) is 0 Å². The largest absolute Gasteiger partial charge is 0.454 e. The molecule has 0 saturated carbocycles. The van der Waals surface area contributed by atoms with Gasteiger partial charge in [-0.25, -0.2) is 0 Å². The van der Waals surface area contributed by atoms with E-state index in [1.165, 1.54) is 4.90 Å². The van der Waals surface area contributed by atoms with Crippen molar-refractivity contribution in [1.29, 1.82) is 0 Å². The monoisotopic (exact) mass is 479 g/mol. The average Bonchev–Trinajstić information content (AvgIpc) is 3.32. The van der Waals surface area contributed by atoms with E-state index in [4.69, 9.17) is 9.47 Å². The number of rotatable bonds is 5. The van der Waals surface area contributed by atoms with E-state index in [9.17, 15) is 14.7 Å². The molecule has 1 amide bonds. The summed E-state index contributed by atoms with van der Waals surface area (Å²) in [6, 6.07) is 19.4. The van der Waals surface area contributed by atoms with Crippen LogP contribution in [0.1, 0.15) is 27.9 Å². The highest BCUT2D eigenvalue weighted by Gasteiger charge is 2.50. The van der Waals surface area contributed by atoms with E-state index in [-0.39, 0.29) is 25.5 Å². The number of anilines is 1. The topological polar surface area (TPSA) is 76.1 Å². The fourth-order valence-electron chi connectivity index (χ4n) is 4.03.